The normalized spacial score (nSPS) is 21.0. The summed E-state index contributed by atoms with van der Waals surface area (Å²) in [6, 6.07) is 2.27. The highest BCUT2D eigenvalue weighted by atomic mass is 32.1. The summed E-state index contributed by atoms with van der Waals surface area (Å²) >= 11 is 1.77. The van der Waals surface area contributed by atoms with E-state index in [1.807, 2.05) is 9.80 Å². The van der Waals surface area contributed by atoms with E-state index in [9.17, 15) is 9.59 Å². The molecule has 1 fully saturated rings. The molecular weight excluding hydrogens is 298 g/mol. The number of nitrogens with zero attached hydrogens (tertiary/aromatic N) is 2. The van der Waals surface area contributed by atoms with Crippen LogP contribution in [0.5, 0.6) is 0 Å². The molecule has 0 bridgehead atoms. The second-order valence-corrected chi connectivity index (χ2v) is 7.05. The quantitative estimate of drug-likeness (QED) is 0.910. The molecule has 3 heterocycles. The van der Waals surface area contributed by atoms with Gasteiger partial charge < -0.3 is 15.5 Å². The molecule has 2 aliphatic heterocycles. The van der Waals surface area contributed by atoms with Gasteiger partial charge in [0.2, 0.25) is 11.8 Å². The smallest absolute Gasteiger partial charge is 0.223 e. The van der Waals surface area contributed by atoms with Crippen molar-refractivity contribution < 1.29 is 9.59 Å². The lowest BCUT2D eigenvalue weighted by molar-refractivity contribution is -0.137. The lowest BCUT2D eigenvalue weighted by Crippen LogP contribution is -2.41. The van der Waals surface area contributed by atoms with Crippen molar-refractivity contribution in [3.63, 3.8) is 0 Å². The van der Waals surface area contributed by atoms with Crippen molar-refractivity contribution in [2.75, 3.05) is 19.6 Å². The van der Waals surface area contributed by atoms with E-state index >= 15 is 0 Å². The number of thiophene rings is 1. The number of likely N-dealkylation sites (tertiary alicyclic amines) is 1. The van der Waals surface area contributed by atoms with Crippen molar-refractivity contribution in [3.8, 4) is 0 Å². The van der Waals surface area contributed by atoms with Crippen molar-refractivity contribution >= 4 is 23.2 Å². The topological polar surface area (TPSA) is 66.6 Å². The maximum atomic E-state index is 12.3. The zero-order valence-corrected chi connectivity index (χ0v) is 13.6. The van der Waals surface area contributed by atoms with Gasteiger partial charge in [0.25, 0.3) is 0 Å². The number of carbonyl (C=O) groups excluding carboxylic acids is 2. The fourth-order valence-electron chi connectivity index (χ4n) is 3.39. The summed E-state index contributed by atoms with van der Waals surface area (Å²) in [6.07, 6.45) is 3.57. The standard InChI is InChI=1S/C16H23N3O2S/c17-10-13-2-1-7-19(13)16(21)4-3-15(20)18-8-5-14-12(11-18)6-9-22-14/h6,9,13H,1-5,7-8,10-11,17H2. The van der Waals surface area contributed by atoms with Crippen molar-refractivity contribution in [1.29, 1.82) is 0 Å². The number of carbonyl (C=O) groups is 2. The van der Waals surface area contributed by atoms with E-state index in [-0.39, 0.29) is 17.9 Å². The van der Waals surface area contributed by atoms with Crippen LogP contribution in [-0.2, 0) is 22.6 Å². The Labute approximate surface area is 135 Å². The van der Waals surface area contributed by atoms with Crippen LogP contribution in [0.1, 0.15) is 36.1 Å². The Bertz CT molecular complexity index is 557. The Morgan fingerprint density at radius 1 is 1.27 bits per heavy atom. The van der Waals surface area contributed by atoms with Gasteiger partial charge in [-0.05, 0) is 36.3 Å². The van der Waals surface area contributed by atoms with Gasteiger partial charge >= 0.3 is 0 Å². The summed E-state index contributed by atoms with van der Waals surface area (Å²) in [7, 11) is 0. The summed E-state index contributed by atoms with van der Waals surface area (Å²) in [5, 5.41) is 2.09. The molecule has 120 valence electrons. The van der Waals surface area contributed by atoms with Crippen LogP contribution in [0.15, 0.2) is 11.4 Å². The Morgan fingerprint density at radius 3 is 2.91 bits per heavy atom. The first-order chi connectivity index (χ1) is 10.7. The van der Waals surface area contributed by atoms with Crippen LogP contribution in [0, 0.1) is 0 Å². The molecule has 2 aliphatic rings. The van der Waals surface area contributed by atoms with E-state index in [0.717, 1.165) is 32.4 Å². The molecule has 6 heteroatoms. The van der Waals surface area contributed by atoms with Gasteiger partial charge in [-0.25, -0.2) is 0 Å². The molecule has 0 aromatic carbocycles. The summed E-state index contributed by atoms with van der Waals surface area (Å²) in [5.41, 5.74) is 6.96. The average Bonchev–Trinajstić information content (AvgIpc) is 3.19. The van der Waals surface area contributed by atoms with E-state index in [1.165, 1.54) is 10.4 Å². The van der Waals surface area contributed by atoms with Crippen molar-refractivity contribution in [2.24, 2.45) is 5.73 Å². The Kier molecular flexibility index (Phi) is 4.78. The zero-order valence-electron chi connectivity index (χ0n) is 12.8. The molecule has 5 nitrogen and oxygen atoms in total. The maximum absolute atomic E-state index is 12.3. The number of amides is 2. The van der Waals surface area contributed by atoms with Crippen LogP contribution in [0.2, 0.25) is 0 Å². The van der Waals surface area contributed by atoms with E-state index in [1.54, 1.807) is 11.3 Å². The van der Waals surface area contributed by atoms with E-state index in [0.29, 0.717) is 25.9 Å². The van der Waals surface area contributed by atoms with Crippen molar-refractivity contribution in [3.05, 3.63) is 21.9 Å². The summed E-state index contributed by atoms with van der Waals surface area (Å²) < 4.78 is 0. The van der Waals surface area contributed by atoms with Crippen molar-refractivity contribution in [2.45, 2.75) is 44.7 Å². The van der Waals surface area contributed by atoms with Crippen LogP contribution in [0.25, 0.3) is 0 Å². The van der Waals surface area contributed by atoms with Crippen LogP contribution >= 0.6 is 11.3 Å². The van der Waals surface area contributed by atoms with E-state index < -0.39 is 0 Å². The first-order valence-corrected chi connectivity index (χ1v) is 8.89. The number of hydrogen-bond acceptors (Lipinski definition) is 4. The van der Waals surface area contributed by atoms with Gasteiger partial charge in [-0.15, -0.1) is 11.3 Å². The predicted octanol–water partition coefficient (Wildman–Crippen LogP) is 1.36. The largest absolute Gasteiger partial charge is 0.338 e. The highest BCUT2D eigenvalue weighted by Gasteiger charge is 2.28. The maximum Gasteiger partial charge on any atom is 0.223 e. The average molecular weight is 321 g/mol. The highest BCUT2D eigenvalue weighted by molar-refractivity contribution is 7.10. The van der Waals surface area contributed by atoms with Gasteiger partial charge in [0.1, 0.15) is 0 Å². The fourth-order valence-corrected chi connectivity index (χ4v) is 4.28. The Hall–Kier alpha value is -1.40. The monoisotopic (exact) mass is 321 g/mol. The summed E-state index contributed by atoms with van der Waals surface area (Å²) in [4.78, 5) is 29.7. The first kappa shape index (κ1) is 15.5. The molecule has 22 heavy (non-hydrogen) atoms. The lowest BCUT2D eigenvalue weighted by atomic mass is 10.1. The van der Waals surface area contributed by atoms with Crippen molar-refractivity contribution in [1.82, 2.24) is 9.80 Å². The molecule has 1 unspecified atom stereocenters. The third kappa shape index (κ3) is 3.17. The van der Waals surface area contributed by atoms with Gasteiger partial charge in [0, 0.05) is 49.9 Å². The van der Waals surface area contributed by atoms with Gasteiger partial charge in [0.15, 0.2) is 0 Å². The van der Waals surface area contributed by atoms with E-state index in [2.05, 4.69) is 11.4 Å². The van der Waals surface area contributed by atoms with Gasteiger partial charge in [-0.2, -0.15) is 0 Å². The third-order valence-electron chi connectivity index (χ3n) is 4.68. The predicted molar refractivity (Wildman–Crippen MR) is 86.5 cm³/mol. The summed E-state index contributed by atoms with van der Waals surface area (Å²) in [6.45, 7) is 2.78. The fraction of sp³-hybridized carbons (Fsp3) is 0.625. The second-order valence-electron chi connectivity index (χ2n) is 6.05. The molecule has 1 aromatic rings. The number of fused-ring (bicyclic) bond motifs is 1. The zero-order chi connectivity index (χ0) is 15.5. The molecule has 0 spiro atoms. The molecular formula is C16H23N3O2S. The van der Waals surface area contributed by atoms with Gasteiger partial charge in [0.05, 0.1) is 0 Å². The molecule has 1 atom stereocenters. The third-order valence-corrected chi connectivity index (χ3v) is 5.71. The van der Waals surface area contributed by atoms with Crippen LogP contribution in [0.4, 0.5) is 0 Å². The minimum Gasteiger partial charge on any atom is -0.338 e. The minimum atomic E-state index is 0.0783. The summed E-state index contributed by atoms with van der Waals surface area (Å²) in [5.74, 6) is 0.170. The van der Waals surface area contributed by atoms with E-state index in [4.69, 9.17) is 5.73 Å². The number of hydrogen-bond donors (Lipinski definition) is 1. The second kappa shape index (κ2) is 6.79. The van der Waals surface area contributed by atoms with Crippen LogP contribution < -0.4 is 5.73 Å². The molecule has 0 saturated carbocycles. The molecule has 3 rings (SSSR count). The van der Waals surface area contributed by atoms with Gasteiger partial charge in [-0.3, -0.25) is 9.59 Å². The highest BCUT2D eigenvalue weighted by Crippen LogP contribution is 2.24. The Balaban J connectivity index is 1.49. The number of rotatable bonds is 4. The number of nitrogens with two attached hydrogens (primary N) is 1. The lowest BCUT2D eigenvalue weighted by Gasteiger charge is -2.28. The molecule has 0 aliphatic carbocycles. The first-order valence-electron chi connectivity index (χ1n) is 8.01. The Morgan fingerprint density at radius 2 is 2.09 bits per heavy atom. The molecule has 0 radical (unpaired) electrons. The SMILES string of the molecule is NCC1CCCN1C(=O)CCC(=O)N1CCc2sccc2C1. The molecule has 1 aromatic heterocycles. The minimum absolute atomic E-state index is 0.0783. The molecule has 1 saturated heterocycles. The van der Waals surface area contributed by atoms with Crippen LogP contribution in [-0.4, -0.2) is 47.3 Å². The molecule has 2 N–H and O–H groups in total. The molecule has 2 amide bonds. The van der Waals surface area contributed by atoms with Gasteiger partial charge in [-0.1, -0.05) is 0 Å². The van der Waals surface area contributed by atoms with Crippen LogP contribution in [0.3, 0.4) is 0 Å².